The zero-order chi connectivity index (χ0) is 12.7. The molecule has 0 aliphatic heterocycles. The van der Waals surface area contributed by atoms with Crippen LogP contribution in [0.15, 0.2) is 24.3 Å². The molecule has 0 aliphatic rings. The van der Waals surface area contributed by atoms with Crippen LogP contribution in [0.2, 0.25) is 0 Å². The van der Waals surface area contributed by atoms with E-state index in [0.717, 1.165) is 5.56 Å². The normalized spacial score (nSPS) is 14.0. The van der Waals surface area contributed by atoms with Crippen LogP contribution in [0, 0.1) is 17.1 Å². The zero-order valence-electron chi connectivity index (χ0n) is 9.91. The Balaban J connectivity index is 2.62. The van der Waals surface area contributed by atoms with Crippen LogP contribution in [0.3, 0.4) is 0 Å². The van der Waals surface area contributed by atoms with Crippen LogP contribution in [-0.4, -0.2) is 23.8 Å². The molecule has 1 rings (SSSR count). The molecule has 1 atom stereocenters. The summed E-state index contributed by atoms with van der Waals surface area (Å²) in [5.41, 5.74) is 0.222. The Kier molecular flexibility index (Phi) is 5.08. The summed E-state index contributed by atoms with van der Waals surface area (Å²) in [7, 11) is 0. The molecule has 1 aromatic carbocycles. The van der Waals surface area contributed by atoms with Gasteiger partial charge in [-0.3, -0.25) is 5.32 Å². The average Bonchev–Trinajstić information content (AvgIpc) is 2.33. The maximum absolute atomic E-state index is 12.7. The summed E-state index contributed by atoms with van der Waals surface area (Å²) in [5.74, 6) is -0.277. The maximum Gasteiger partial charge on any atom is 0.123 e. The highest BCUT2D eigenvalue weighted by Crippen LogP contribution is 2.13. The topological polar surface area (TPSA) is 56.0 Å². The van der Waals surface area contributed by atoms with Crippen molar-refractivity contribution in [3.63, 3.8) is 0 Å². The van der Waals surface area contributed by atoms with E-state index in [0.29, 0.717) is 19.4 Å². The van der Waals surface area contributed by atoms with Crippen LogP contribution in [-0.2, 0) is 6.42 Å². The van der Waals surface area contributed by atoms with Crippen molar-refractivity contribution < 1.29 is 9.50 Å². The van der Waals surface area contributed by atoms with Gasteiger partial charge in [-0.15, -0.1) is 0 Å². The van der Waals surface area contributed by atoms with Gasteiger partial charge < -0.3 is 5.11 Å². The second-order valence-corrected chi connectivity index (χ2v) is 4.25. The molecule has 1 aromatic rings. The average molecular weight is 236 g/mol. The minimum atomic E-state index is -0.688. The summed E-state index contributed by atoms with van der Waals surface area (Å²) >= 11 is 0. The molecule has 3 nitrogen and oxygen atoms in total. The predicted molar refractivity (Wildman–Crippen MR) is 63.8 cm³/mol. The van der Waals surface area contributed by atoms with Crippen molar-refractivity contribution in [3.8, 4) is 6.07 Å². The van der Waals surface area contributed by atoms with E-state index < -0.39 is 5.54 Å². The molecule has 0 amide bonds. The molecule has 0 radical (unpaired) electrons. The lowest BCUT2D eigenvalue weighted by atomic mass is 9.94. The Morgan fingerprint density at radius 2 is 2.06 bits per heavy atom. The molecule has 0 bridgehead atoms. The van der Waals surface area contributed by atoms with Gasteiger partial charge in [0.2, 0.25) is 0 Å². The van der Waals surface area contributed by atoms with Gasteiger partial charge in [-0.1, -0.05) is 12.1 Å². The van der Waals surface area contributed by atoms with Crippen molar-refractivity contribution in [2.45, 2.75) is 25.3 Å². The highest BCUT2D eigenvalue weighted by atomic mass is 19.1. The van der Waals surface area contributed by atoms with Crippen molar-refractivity contribution >= 4 is 0 Å². The van der Waals surface area contributed by atoms with Crippen LogP contribution in [0.5, 0.6) is 0 Å². The lowest BCUT2D eigenvalue weighted by molar-refractivity contribution is 0.279. The van der Waals surface area contributed by atoms with E-state index in [2.05, 4.69) is 11.4 Å². The van der Waals surface area contributed by atoms with E-state index in [1.165, 1.54) is 12.1 Å². The van der Waals surface area contributed by atoms with Crippen LogP contribution >= 0.6 is 0 Å². The summed E-state index contributed by atoms with van der Waals surface area (Å²) < 4.78 is 12.7. The van der Waals surface area contributed by atoms with E-state index in [9.17, 15) is 4.39 Å². The van der Waals surface area contributed by atoms with Crippen molar-refractivity contribution in [2.75, 3.05) is 13.2 Å². The third-order valence-electron chi connectivity index (χ3n) is 2.57. The van der Waals surface area contributed by atoms with E-state index >= 15 is 0 Å². The van der Waals surface area contributed by atoms with Crippen LogP contribution in [0.4, 0.5) is 4.39 Å². The van der Waals surface area contributed by atoms with E-state index in [1.807, 2.05) is 0 Å². The SMILES string of the molecule is CC(C#N)(Cc1ccc(F)cc1)NCCCO. The monoisotopic (exact) mass is 236 g/mol. The van der Waals surface area contributed by atoms with Crippen LogP contribution in [0.25, 0.3) is 0 Å². The molecule has 0 saturated heterocycles. The fraction of sp³-hybridized carbons (Fsp3) is 0.462. The smallest absolute Gasteiger partial charge is 0.123 e. The number of benzene rings is 1. The lowest BCUT2D eigenvalue weighted by Crippen LogP contribution is -2.43. The van der Waals surface area contributed by atoms with Gasteiger partial charge in [-0.2, -0.15) is 5.26 Å². The molecular weight excluding hydrogens is 219 g/mol. The molecule has 1 unspecified atom stereocenters. The first kappa shape index (κ1) is 13.6. The number of hydrogen-bond acceptors (Lipinski definition) is 3. The summed E-state index contributed by atoms with van der Waals surface area (Å²) in [6, 6.07) is 8.35. The molecular formula is C13H17FN2O. The number of aliphatic hydroxyl groups excluding tert-OH is 1. The van der Waals surface area contributed by atoms with Crippen LogP contribution < -0.4 is 5.32 Å². The number of hydrogen-bond donors (Lipinski definition) is 2. The second-order valence-electron chi connectivity index (χ2n) is 4.25. The van der Waals surface area contributed by atoms with E-state index in [4.69, 9.17) is 10.4 Å². The molecule has 2 N–H and O–H groups in total. The van der Waals surface area contributed by atoms with Crippen molar-refractivity contribution in [1.29, 1.82) is 5.26 Å². The standard InChI is InChI=1S/C13H17FN2O/c1-13(10-15,16-7-2-8-17)9-11-3-5-12(14)6-4-11/h3-6,16-17H,2,7-9H2,1H3. The van der Waals surface area contributed by atoms with Crippen molar-refractivity contribution in [3.05, 3.63) is 35.6 Å². The minimum absolute atomic E-state index is 0.102. The fourth-order valence-corrected chi connectivity index (χ4v) is 1.60. The van der Waals surface area contributed by atoms with Crippen LogP contribution in [0.1, 0.15) is 18.9 Å². The first-order valence-corrected chi connectivity index (χ1v) is 5.61. The molecule has 0 aromatic heterocycles. The number of nitrogens with zero attached hydrogens (tertiary/aromatic N) is 1. The van der Waals surface area contributed by atoms with Gasteiger partial charge in [0.15, 0.2) is 0 Å². The number of aliphatic hydroxyl groups is 1. The number of nitrogens with one attached hydrogen (secondary N) is 1. The van der Waals surface area contributed by atoms with Gasteiger partial charge in [-0.25, -0.2) is 4.39 Å². The summed E-state index contributed by atoms with van der Waals surface area (Å²) in [4.78, 5) is 0. The minimum Gasteiger partial charge on any atom is -0.396 e. The maximum atomic E-state index is 12.7. The number of nitriles is 1. The molecule has 92 valence electrons. The molecule has 0 heterocycles. The Hall–Kier alpha value is -1.44. The highest BCUT2D eigenvalue weighted by Gasteiger charge is 2.23. The molecule has 0 fully saturated rings. The summed E-state index contributed by atoms with van der Waals surface area (Å²) in [6.45, 7) is 2.49. The highest BCUT2D eigenvalue weighted by molar-refractivity contribution is 5.22. The summed E-state index contributed by atoms with van der Waals surface area (Å²) in [6.07, 6.45) is 1.12. The summed E-state index contributed by atoms with van der Waals surface area (Å²) in [5, 5.41) is 20.9. The van der Waals surface area contributed by atoms with Crippen molar-refractivity contribution in [1.82, 2.24) is 5.32 Å². The lowest BCUT2D eigenvalue weighted by Gasteiger charge is -2.23. The molecule has 4 heteroatoms. The Morgan fingerprint density at radius 1 is 1.41 bits per heavy atom. The van der Waals surface area contributed by atoms with E-state index in [-0.39, 0.29) is 12.4 Å². The Morgan fingerprint density at radius 3 is 2.59 bits per heavy atom. The zero-order valence-corrected chi connectivity index (χ0v) is 9.91. The largest absolute Gasteiger partial charge is 0.396 e. The van der Waals surface area contributed by atoms with Gasteiger partial charge in [0.25, 0.3) is 0 Å². The third-order valence-corrected chi connectivity index (χ3v) is 2.57. The van der Waals surface area contributed by atoms with Gasteiger partial charge in [-0.05, 0) is 37.6 Å². The predicted octanol–water partition coefficient (Wildman–Crippen LogP) is 1.62. The Labute approximate surface area is 101 Å². The first-order valence-electron chi connectivity index (χ1n) is 5.61. The molecule has 17 heavy (non-hydrogen) atoms. The molecule has 0 aliphatic carbocycles. The quantitative estimate of drug-likeness (QED) is 0.738. The van der Waals surface area contributed by atoms with Crippen molar-refractivity contribution in [2.24, 2.45) is 0 Å². The number of halogens is 1. The van der Waals surface area contributed by atoms with Gasteiger partial charge in [0.1, 0.15) is 11.4 Å². The molecule has 0 saturated carbocycles. The van der Waals surface area contributed by atoms with Gasteiger partial charge in [0, 0.05) is 13.0 Å². The second kappa shape index (κ2) is 6.33. The number of rotatable bonds is 6. The van der Waals surface area contributed by atoms with Gasteiger partial charge in [0.05, 0.1) is 6.07 Å². The van der Waals surface area contributed by atoms with Gasteiger partial charge >= 0.3 is 0 Å². The Bertz CT molecular complexity index is 385. The van der Waals surface area contributed by atoms with E-state index in [1.54, 1.807) is 19.1 Å². The third kappa shape index (κ3) is 4.51. The fourth-order valence-electron chi connectivity index (χ4n) is 1.60. The molecule has 0 spiro atoms. The first-order chi connectivity index (χ1) is 8.09.